The molecule has 4 N–H and O–H groups in total. The number of carbonyl (C=O) groups excluding carboxylic acids is 1. The fourth-order valence-electron chi connectivity index (χ4n) is 1.20. The standard InChI is InChI=1S/C10H13N3O3/c1-15-8-5-6(13-10(11)12)3-4-7(8)9(14)16-2/h3-5H,1-2H3,(H4,11,12,13). The Labute approximate surface area is 92.9 Å². The van der Waals surface area contributed by atoms with Crippen LogP contribution in [0.2, 0.25) is 0 Å². The summed E-state index contributed by atoms with van der Waals surface area (Å²) in [6.45, 7) is 0. The van der Waals surface area contributed by atoms with Crippen LogP contribution in [0, 0.1) is 5.41 Å². The Hall–Kier alpha value is -2.24. The molecule has 86 valence electrons. The summed E-state index contributed by atoms with van der Waals surface area (Å²) in [5.41, 5.74) is 6.07. The van der Waals surface area contributed by atoms with Gasteiger partial charge in [0.15, 0.2) is 5.96 Å². The lowest BCUT2D eigenvalue weighted by molar-refractivity contribution is 0.0597. The fraction of sp³-hybridized carbons (Fsp3) is 0.200. The molecule has 1 aromatic rings. The second-order valence-electron chi connectivity index (χ2n) is 2.95. The van der Waals surface area contributed by atoms with Crippen molar-refractivity contribution >= 4 is 17.6 Å². The van der Waals surface area contributed by atoms with Gasteiger partial charge in [-0.2, -0.15) is 0 Å². The van der Waals surface area contributed by atoms with Crippen LogP contribution in [0.1, 0.15) is 10.4 Å². The third-order valence-electron chi connectivity index (χ3n) is 1.89. The van der Waals surface area contributed by atoms with Crippen LogP contribution in [-0.2, 0) is 4.74 Å². The molecule has 0 unspecified atom stereocenters. The lowest BCUT2D eigenvalue weighted by Crippen LogP contribution is -2.20. The number of benzene rings is 1. The van der Waals surface area contributed by atoms with Gasteiger partial charge in [-0.1, -0.05) is 0 Å². The molecule has 6 nitrogen and oxygen atoms in total. The first kappa shape index (κ1) is 11.8. The zero-order chi connectivity index (χ0) is 12.1. The zero-order valence-electron chi connectivity index (χ0n) is 9.03. The summed E-state index contributed by atoms with van der Waals surface area (Å²) in [7, 11) is 2.74. The largest absolute Gasteiger partial charge is 0.496 e. The van der Waals surface area contributed by atoms with E-state index in [1.807, 2.05) is 0 Å². The van der Waals surface area contributed by atoms with Gasteiger partial charge in [-0.3, -0.25) is 5.41 Å². The first-order chi connectivity index (χ1) is 7.58. The second-order valence-corrected chi connectivity index (χ2v) is 2.95. The van der Waals surface area contributed by atoms with Crippen molar-refractivity contribution < 1.29 is 14.3 Å². The quantitative estimate of drug-likeness (QED) is 0.400. The van der Waals surface area contributed by atoms with E-state index in [4.69, 9.17) is 15.9 Å². The van der Waals surface area contributed by atoms with E-state index in [0.717, 1.165) is 0 Å². The Kier molecular flexibility index (Phi) is 3.71. The molecule has 0 heterocycles. The van der Waals surface area contributed by atoms with Gasteiger partial charge in [-0.05, 0) is 12.1 Å². The van der Waals surface area contributed by atoms with Crippen LogP contribution < -0.4 is 15.8 Å². The molecule has 6 heteroatoms. The summed E-state index contributed by atoms with van der Waals surface area (Å²) in [6.07, 6.45) is 0. The van der Waals surface area contributed by atoms with Gasteiger partial charge in [-0.15, -0.1) is 0 Å². The summed E-state index contributed by atoms with van der Waals surface area (Å²) in [4.78, 5) is 11.3. The minimum atomic E-state index is -0.480. The van der Waals surface area contributed by atoms with Gasteiger partial charge in [0.05, 0.1) is 14.2 Å². The Morgan fingerprint density at radius 3 is 2.62 bits per heavy atom. The van der Waals surface area contributed by atoms with E-state index in [-0.39, 0.29) is 5.96 Å². The van der Waals surface area contributed by atoms with Crippen molar-refractivity contribution in [2.24, 2.45) is 5.73 Å². The summed E-state index contributed by atoms with van der Waals surface area (Å²) < 4.78 is 9.63. The van der Waals surface area contributed by atoms with Crippen molar-refractivity contribution in [3.05, 3.63) is 23.8 Å². The summed E-state index contributed by atoms with van der Waals surface area (Å²) in [5.74, 6) is -0.308. The number of methoxy groups -OCH3 is 2. The van der Waals surface area contributed by atoms with Gasteiger partial charge in [0.2, 0.25) is 0 Å². The van der Waals surface area contributed by atoms with Gasteiger partial charge < -0.3 is 20.5 Å². The minimum absolute atomic E-state index is 0.187. The van der Waals surface area contributed by atoms with Crippen molar-refractivity contribution in [1.29, 1.82) is 5.41 Å². The Morgan fingerprint density at radius 1 is 1.44 bits per heavy atom. The molecular weight excluding hydrogens is 210 g/mol. The van der Waals surface area contributed by atoms with Crippen molar-refractivity contribution in [2.45, 2.75) is 0 Å². The second kappa shape index (κ2) is 5.01. The van der Waals surface area contributed by atoms with Crippen LogP contribution in [-0.4, -0.2) is 26.1 Å². The van der Waals surface area contributed by atoms with Crippen LogP contribution in [0.25, 0.3) is 0 Å². The molecule has 0 aromatic heterocycles. The van der Waals surface area contributed by atoms with Gasteiger partial charge in [0.1, 0.15) is 11.3 Å². The normalized spacial score (nSPS) is 9.38. The van der Waals surface area contributed by atoms with E-state index in [0.29, 0.717) is 17.0 Å². The number of esters is 1. The zero-order valence-corrected chi connectivity index (χ0v) is 9.03. The maximum Gasteiger partial charge on any atom is 0.341 e. The lowest BCUT2D eigenvalue weighted by atomic mass is 10.2. The Bertz CT molecular complexity index is 418. The van der Waals surface area contributed by atoms with Gasteiger partial charge >= 0.3 is 5.97 Å². The molecule has 0 fully saturated rings. The molecule has 0 aliphatic rings. The number of anilines is 1. The topological polar surface area (TPSA) is 97.4 Å². The fourth-order valence-corrected chi connectivity index (χ4v) is 1.20. The number of nitrogens with two attached hydrogens (primary N) is 1. The number of nitrogens with one attached hydrogen (secondary N) is 2. The first-order valence-electron chi connectivity index (χ1n) is 4.46. The summed E-state index contributed by atoms with van der Waals surface area (Å²) in [6, 6.07) is 4.71. The van der Waals surface area contributed by atoms with E-state index >= 15 is 0 Å². The van der Waals surface area contributed by atoms with E-state index < -0.39 is 5.97 Å². The molecule has 0 saturated heterocycles. The molecule has 1 rings (SSSR count). The smallest absolute Gasteiger partial charge is 0.341 e. The van der Waals surface area contributed by atoms with Gasteiger partial charge in [0.25, 0.3) is 0 Å². The van der Waals surface area contributed by atoms with Crippen LogP contribution >= 0.6 is 0 Å². The van der Waals surface area contributed by atoms with Crippen molar-refractivity contribution in [3.8, 4) is 5.75 Å². The molecule has 0 saturated carbocycles. The lowest BCUT2D eigenvalue weighted by Gasteiger charge is -2.09. The van der Waals surface area contributed by atoms with E-state index in [2.05, 4.69) is 10.1 Å². The maximum atomic E-state index is 11.3. The van der Waals surface area contributed by atoms with E-state index in [1.54, 1.807) is 12.1 Å². The van der Waals surface area contributed by atoms with Crippen molar-refractivity contribution in [2.75, 3.05) is 19.5 Å². The molecule has 0 spiro atoms. The number of hydrogen-bond acceptors (Lipinski definition) is 4. The van der Waals surface area contributed by atoms with Crippen molar-refractivity contribution in [3.63, 3.8) is 0 Å². The molecule has 0 bridgehead atoms. The Morgan fingerprint density at radius 2 is 2.12 bits per heavy atom. The van der Waals surface area contributed by atoms with Gasteiger partial charge in [-0.25, -0.2) is 4.79 Å². The maximum absolute atomic E-state index is 11.3. The highest BCUT2D eigenvalue weighted by Gasteiger charge is 2.12. The number of guanidine groups is 1. The highest BCUT2D eigenvalue weighted by atomic mass is 16.5. The molecule has 0 radical (unpaired) electrons. The monoisotopic (exact) mass is 223 g/mol. The van der Waals surface area contributed by atoms with E-state index in [9.17, 15) is 4.79 Å². The van der Waals surface area contributed by atoms with Crippen LogP contribution in [0.5, 0.6) is 5.75 Å². The average Bonchev–Trinajstić information content (AvgIpc) is 2.27. The van der Waals surface area contributed by atoms with E-state index in [1.165, 1.54) is 20.3 Å². The molecule has 0 amide bonds. The molecule has 0 aliphatic heterocycles. The predicted molar refractivity (Wildman–Crippen MR) is 59.9 cm³/mol. The third-order valence-corrected chi connectivity index (χ3v) is 1.89. The number of ether oxygens (including phenoxy) is 2. The number of rotatable bonds is 3. The van der Waals surface area contributed by atoms with Crippen molar-refractivity contribution in [1.82, 2.24) is 0 Å². The first-order valence-corrected chi connectivity index (χ1v) is 4.46. The molecule has 0 aliphatic carbocycles. The van der Waals surface area contributed by atoms with Gasteiger partial charge in [0, 0.05) is 11.8 Å². The average molecular weight is 223 g/mol. The van der Waals surface area contributed by atoms with Crippen LogP contribution in [0.3, 0.4) is 0 Å². The van der Waals surface area contributed by atoms with Crippen LogP contribution in [0.4, 0.5) is 5.69 Å². The molecule has 0 atom stereocenters. The molecular formula is C10H13N3O3. The third kappa shape index (κ3) is 2.63. The number of hydrogen-bond donors (Lipinski definition) is 3. The highest BCUT2D eigenvalue weighted by molar-refractivity contribution is 5.95. The summed E-state index contributed by atoms with van der Waals surface area (Å²) >= 11 is 0. The SMILES string of the molecule is COC(=O)c1ccc(NC(=N)N)cc1OC. The Balaban J connectivity index is 3.06. The molecule has 16 heavy (non-hydrogen) atoms. The summed E-state index contributed by atoms with van der Waals surface area (Å²) in [5, 5.41) is 9.66. The minimum Gasteiger partial charge on any atom is -0.496 e. The number of carbonyl (C=O) groups is 1. The molecule has 1 aromatic carbocycles. The van der Waals surface area contributed by atoms with Crippen LogP contribution in [0.15, 0.2) is 18.2 Å². The highest BCUT2D eigenvalue weighted by Crippen LogP contribution is 2.23. The predicted octanol–water partition coefficient (Wildman–Crippen LogP) is 0.787.